The second-order valence-electron chi connectivity index (χ2n) is 6.02. The Morgan fingerprint density at radius 2 is 1.90 bits per heavy atom. The molecular formula is C21H13N3O6. The molecule has 0 saturated heterocycles. The average molecular weight is 403 g/mol. The number of hydrogen-bond donors (Lipinski definition) is 2. The van der Waals surface area contributed by atoms with Crippen molar-refractivity contribution in [2.45, 2.75) is 0 Å². The minimum Gasteiger partial charge on any atom is -0.478 e. The molecule has 0 spiro atoms. The van der Waals surface area contributed by atoms with Crippen LogP contribution in [0.4, 0.5) is 11.4 Å². The number of carboxylic acids is 1. The van der Waals surface area contributed by atoms with Crippen molar-refractivity contribution in [2.75, 3.05) is 5.32 Å². The molecule has 1 amide bonds. The van der Waals surface area contributed by atoms with Crippen molar-refractivity contribution in [2.24, 2.45) is 0 Å². The molecule has 1 aromatic heterocycles. The molecule has 2 N–H and O–H groups in total. The van der Waals surface area contributed by atoms with E-state index >= 15 is 0 Å². The number of anilines is 1. The number of nitrogens with zero attached hydrogens (tertiary/aromatic N) is 2. The number of benzene rings is 2. The quantitative estimate of drug-likeness (QED) is 0.272. The van der Waals surface area contributed by atoms with Crippen LogP contribution in [-0.4, -0.2) is 21.9 Å². The summed E-state index contributed by atoms with van der Waals surface area (Å²) < 4.78 is 5.58. The first-order chi connectivity index (χ1) is 14.4. The number of carbonyl (C=O) groups is 2. The van der Waals surface area contributed by atoms with E-state index in [4.69, 9.17) is 9.52 Å². The minimum atomic E-state index is -1.15. The number of carboxylic acid groups (broad SMARTS) is 1. The minimum absolute atomic E-state index is 0.0112. The Bertz CT molecular complexity index is 1220. The summed E-state index contributed by atoms with van der Waals surface area (Å²) in [6, 6.07) is 16.3. The van der Waals surface area contributed by atoms with Crippen LogP contribution in [-0.2, 0) is 4.79 Å². The SMILES string of the molecule is N#C/C(=C/c1ccc(-c2cccc([N+](=O)[O-])c2)o1)C(=O)Nc1cccc(C(=O)O)c1. The van der Waals surface area contributed by atoms with Gasteiger partial charge in [-0.05, 0) is 30.3 Å². The number of amides is 1. The Hall–Kier alpha value is -4.71. The van der Waals surface area contributed by atoms with Gasteiger partial charge in [-0.1, -0.05) is 18.2 Å². The molecule has 0 atom stereocenters. The first kappa shape index (κ1) is 20.0. The van der Waals surface area contributed by atoms with E-state index in [9.17, 15) is 25.0 Å². The molecule has 2 aromatic carbocycles. The number of aromatic carboxylic acids is 1. The number of nitro benzene ring substituents is 1. The summed E-state index contributed by atoms with van der Waals surface area (Å²) >= 11 is 0. The number of carbonyl (C=O) groups excluding carboxylic acids is 1. The zero-order valence-corrected chi connectivity index (χ0v) is 15.2. The zero-order valence-electron chi connectivity index (χ0n) is 15.2. The molecule has 3 aromatic rings. The molecule has 0 bridgehead atoms. The van der Waals surface area contributed by atoms with Gasteiger partial charge in [0.25, 0.3) is 11.6 Å². The number of rotatable bonds is 6. The number of hydrogen-bond acceptors (Lipinski definition) is 6. The van der Waals surface area contributed by atoms with E-state index in [2.05, 4.69) is 5.32 Å². The van der Waals surface area contributed by atoms with Gasteiger partial charge in [0.05, 0.1) is 10.5 Å². The van der Waals surface area contributed by atoms with Crippen molar-refractivity contribution in [3.8, 4) is 17.4 Å². The number of furan rings is 1. The molecule has 30 heavy (non-hydrogen) atoms. The van der Waals surface area contributed by atoms with Crippen LogP contribution < -0.4 is 5.32 Å². The van der Waals surface area contributed by atoms with E-state index in [0.717, 1.165) is 0 Å². The van der Waals surface area contributed by atoms with Crippen LogP contribution in [0.3, 0.4) is 0 Å². The average Bonchev–Trinajstić information content (AvgIpc) is 3.21. The van der Waals surface area contributed by atoms with Crippen molar-refractivity contribution >= 4 is 29.3 Å². The maximum absolute atomic E-state index is 12.4. The van der Waals surface area contributed by atoms with Crippen LogP contribution in [0.5, 0.6) is 0 Å². The van der Waals surface area contributed by atoms with Crippen molar-refractivity contribution in [1.82, 2.24) is 0 Å². The molecule has 148 valence electrons. The summed E-state index contributed by atoms with van der Waals surface area (Å²) in [7, 11) is 0. The molecule has 0 radical (unpaired) electrons. The molecule has 0 aliphatic heterocycles. The number of non-ortho nitro benzene ring substituents is 1. The van der Waals surface area contributed by atoms with Gasteiger partial charge in [0, 0.05) is 29.5 Å². The summed E-state index contributed by atoms with van der Waals surface area (Å²) in [4.78, 5) is 33.8. The van der Waals surface area contributed by atoms with E-state index in [1.165, 1.54) is 54.6 Å². The number of nitro groups is 1. The first-order valence-corrected chi connectivity index (χ1v) is 8.48. The van der Waals surface area contributed by atoms with E-state index in [0.29, 0.717) is 11.3 Å². The van der Waals surface area contributed by atoms with Crippen molar-refractivity contribution in [3.63, 3.8) is 0 Å². The van der Waals surface area contributed by atoms with Gasteiger partial charge in [-0.2, -0.15) is 5.26 Å². The predicted octanol–water partition coefficient (Wildman–Crippen LogP) is 4.10. The summed E-state index contributed by atoms with van der Waals surface area (Å²) in [6.07, 6.45) is 1.22. The lowest BCUT2D eigenvalue weighted by atomic mass is 10.1. The van der Waals surface area contributed by atoms with E-state index < -0.39 is 16.8 Å². The van der Waals surface area contributed by atoms with Gasteiger partial charge in [-0.3, -0.25) is 14.9 Å². The Balaban J connectivity index is 1.81. The zero-order chi connectivity index (χ0) is 21.7. The normalized spacial score (nSPS) is 10.8. The summed E-state index contributed by atoms with van der Waals surface area (Å²) in [5.74, 6) is -1.36. The predicted molar refractivity (Wildman–Crippen MR) is 106 cm³/mol. The highest BCUT2D eigenvalue weighted by Crippen LogP contribution is 2.26. The standard InChI is InChI=1S/C21H13N3O6/c22-12-15(20(25)23-16-5-1-4-14(9-16)21(26)27)11-18-7-8-19(30-18)13-3-2-6-17(10-13)24(28)29/h1-11H,(H,23,25)(H,26,27)/b15-11-. The molecule has 0 aliphatic rings. The molecule has 0 aliphatic carbocycles. The third-order valence-corrected chi connectivity index (χ3v) is 3.99. The maximum Gasteiger partial charge on any atom is 0.335 e. The van der Waals surface area contributed by atoms with Crippen molar-refractivity contribution in [1.29, 1.82) is 5.26 Å². The molecule has 0 unspecified atom stereocenters. The Morgan fingerprint density at radius 1 is 1.13 bits per heavy atom. The largest absolute Gasteiger partial charge is 0.478 e. The summed E-state index contributed by atoms with van der Waals surface area (Å²) in [5.41, 5.74) is 0.315. The second kappa shape index (κ2) is 8.53. The topological polar surface area (TPSA) is 146 Å². The Kier molecular flexibility index (Phi) is 5.70. The van der Waals surface area contributed by atoms with Gasteiger partial charge < -0.3 is 14.8 Å². The van der Waals surface area contributed by atoms with Crippen LogP contribution >= 0.6 is 0 Å². The fraction of sp³-hybridized carbons (Fsp3) is 0. The monoisotopic (exact) mass is 403 g/mol. The highest BCUT2D eigenvalue weighted by atomic mass is 16.6. The molecule has 1 heterocycles. The van der Waals surface area contributed by atoms with Crippen LogP contribution in [0.2, 0.25) is 0 Å². The lowest BCUT2D eigenvalue weighted by molar-refractivity contribution is -0.384. The highest BCUT2D eigenvalue weighted by Gasteiger charge is 2.14. The number of nitriles is 1. The fourth-order valence-electron chi connectivity index (χ4n) is 2.58. The molecule has 0 saturated carbocycles. The Morgan fingerprint density at radius 3 is 2.60 bits per heavy atom. The lowest BCUT2D eigenvalue weighted by Crippen LogP contribution is -2.13. The van der Waals surface area contributed by atoms with Gasteiger partial charge >= 0.3 is 5.97 Å². The first-order valence-electron chi connectivity index (χ1n) is 8.48. The van der Waals surface area contributed by atoms with E-state index in [-0.39, 0.29) is 28.3 Å². The summed E-state index contributed by atoms with van der Waals surface area (Å²) in [6.45, 7) is 0. The fourth-order valence-corrected chi connectivity index (χ4v) is 2.58. The van der Waals surface area contributed by atoms with Gasteiger partial charge in [0.15, 0.2) is 0 Å². The van der Waals surface area contributed by atoms with Gasteiger partial charge in [0.2, 0.25) is 0 Å². The van der Waals surface area contributed by atoms with Crippen LogP contribution in [0, 0.1) is 21.4 Å². The molecule has 9 nitrogen and oxygen atoms in total. The third kappa shape index (κ3) is 4.58. The molecular weight excluding hydrogens is 390 g/mol. The van der Waals surface area contributed by atoms with Gasteiger partial charge in [-0.25, -0.2) is 4.79 Å². The molecule has 0 fully saturated rings. The highest BCUT2D eigenvalue weighted by molar-refractivity contribution is 6.09. The van der Waals surface area contributed by atoms with E-state index in [1.807, 2.05) is 0 Å². The maximum atomic E-state index is 12.4. The van der Waals surface area contributed by atoms with Crippen LogP contribution in [0.25, 0.3) is 17.4 Å². The van der Waals surface area contributed by atoms with Crippen LogP contribution in [0.1, 0.15) is 16.1 Å². The second-order valence-corrected chi connectivity index (χ2v) is 6.02. The smallest absolute Gasteiger partial charge is 0.335 e. The number of nitrogens with one attached hydrogen (secondary N) is 1. The van der Waals surface area contributed by atoms with Gasteiger partial charge in [-0.15, -0.1) is 0 Å². The molecule has 3 rings (SSSR count). The van der Waals surface area contributed by atoms with Crippen LogP contribution in [0.15, 0.2) is 70.7 Å². The van der Waals surface area contributed by atoms with Crippen molar-refractivity contribution in [3.05, 3.63) is 87.7 Å². The Labute approximate surface area is 169 Å². The van der Waals surface area contributed by atoms with E-state index in [1.54, 1.807) is 18.2 Å². The summed E-state index contributed by atoms with van der Waals surface area (Å²) in [5, 5.41) is 31.7. The molecule has 9 heteroatoms. The third-order valence-electron chi connectivity index (χ3n) is 3.99. The lowest BCUT2D eigenvalue weighted by Gasteiger charge is -2.05. The van der Waals surface area contributed by atoms with Crippen molar-refractivity contribution < 1.29 is 24.0 Å². The van der Waals surface area contributed by atoms with Gasteiger partial charge in [0.1, 0.15) is 23.2 Å².